The van der Waals surface area contributed by atoms with Crippen LogP contribution in [0, 0.1) is 5.92 Å². The third-order valence-electron chi connectivity index (χ3n) is 1.15. The Bertz CT molecular complexity index is 41.2. The Kier molecular flexibility index (Phi) is 49.4. The van der Waals surface area contributed by atoms with Crippen LogP contribution >= 0.6 is 0 Å². The molecule has 0 atom stereocenters. The zero-order valence-electron chi connectivity index (χ0n) is 12.4. The number of hydrogen-bond donors (Lipinski definition) is 0. The highest BCUT2D eigenvalue weighted by atomic mass is 15.0. The van der Waals surface area contributed by atoms with Gasteiger partial charge >= 0.3 is 0 Å². The molecule has 0 fully saturated rings. The third-order valence-corrected chi connectivity index (χ3v) is 1.15. The van der Waals surface area contributed by atoms with Crippen molar-refractivity contribution < 1.29 is 0 Å². The lowest BCUT2D eigenvalue weighted by molar-refractivity contribution is 0.369. The van der Waals surface area contributed by atoms with Crippen LogP contribution in [0.1, 0.15) is 61.8 Å². The summed E-state index contributed by atoms with van der Waals surface area (Å²) in [6, 6.07) is 0. The second kappa shape index (κ2) is 29.3. The summed E-state index contributed by atoms with van der Waals surface area (Å²) in [5.74, 6) is 0.845. The Morgan fingerprint density at radius 1 is 0.786 bits per heavy atom. The van der Waals surface area contributed by atoms with Crippen molar-refractivity contribution in [2.45, 2.75) is 61.8 Å². The molecule has 0 aromatic heterocycles. The summed E-state index contributed by atoms with van der Waals surface area (Å²) in [5.41, 5.74) is 0. The maximum absolute atomic E-state index is 2.25. The Balaban J connectivity index is -0.0000000708. The fourth-order valence-electron chi connectivity index (χ4n) is 0.516. The molecule has 0 radical (unpaired) electrons. The van der Waals surface area contributed by atoms with E-state index in [1.54, 1.807) is 0 Å². The first-order valence-electron chi connectivity index (χ1n) is 6.27. The molecule has 0 amide bonds. The second-order valence-corrected chi connectivity index (χ2v) is 2.99. The van der Waals surface area contributed by atoms with Crippen LogP contribution in [0.4, 0.5) is 0 Å². The molecule has 0 aromatic rings. The van der Waals surface area contributed by atoms with Gasteiger partial charge in [-0.25, -0.2) is 0 Å². The van der Waals surface area contributed by atoms with E-state index in [1.165, 1.54) is 13.0 Å². The van der Waals surface area contributed by atoms with Crippen molar-refractivity contribution in [3.63, 3.8) is 0 Å². The van der Waals surface area contributed by atoms with Crippen LogP contribution < -0.4 is 0 Å². The average molecular weight is 205 g/mol. The Labute approximate surface area is 93.9 Å². The summed E-state index contributed by atoms with van der Waals surface area (Å²) in [5, 5.41) is 0. The van der Waals surface area contributed by atoms with Gasteiger partial charge in [0.1, 0.15) is 0 Å². The lowest BCUT2D eigenvalue weighted by Crippen LogP contribution is -2.14. The predicted molar refractivity (Wildman–Crippen MR) is 72.1 cm³/mol. The lowest BCUT2D eigenvalue weighted by atomic mass is 10.1. The third kappa shape index (κ3) is 58.4. The lowest BCUT2D eigenvalue weighted by Gasteiger charge is -2.10. The number of hydrogen-bond acceptors (Lipinski definition) is 1. The zero-order chi connectivity index (χ0) is 12.6. The minimum Gasteiger partial charge on any atom is -0.309 e. The molecule has 0 heterocycles. The second-order valence-electron chi connectivity index (χ2n) is 2.99. The summed E-state index contributed by atoms with van der Waals surface area (Å²) < 4.78 is 0. The number of nitrogens with zero attached hydrogens (tertiary/aromatic N) is 1. The normalized spacial score (nSPS) is 7.71. The molecular formula is C13H35N. The Hall–Kier alpha value is -0.0400. The van der Waals surface area contributed by atoms with Gasteiger partial charge in [0.2, 0.25) is 0 Å². The van der Waals surface area contributed by atoms with Crippen molar-refractivity contribution in [1.82, 2.24) is 4.90 Å². The van der Waals surface area contributed by atoms with Crippen molar-refractivity contribution in [3.05, 3.63) is 0 Å². The topological polar surface area (TPSA) is 3.24 Å². The van der Waals surface area contributed by atoms with Crippen LogP contribution in [-0.2, 0) is 0 Å². The molecule has 0 saturated heterocycles. The van der Waals surface area contributed by atoms with E-state index in [1.807, 2.05) is 41.5 Å². The van der Waals surface area contributed by atoms with Gasteiger partial charge in [-0.05, 0) is 33.0 Å². The van der Waals surface area contributed by atoms with Gasteiger partial charge < -0.3 is 4.90 Å². The van der Waals surface area contributed by atoms with Gasteiger partial charge in [0.25, 0.3) is 0 Å². The van der Waals surface area contributed by atoms with Crippen LogP contribution in [0.3, 0.4) is 0 Å². The molecule has 0 aliphatic heterocycles. The molecular weight excluding hydrogens is 170 g/mol. The molecule has 0 aromatic carbocycles. The van der Waals surface area contributed by atoms with Crippen molar-refractivity contribution in [2.24, 2.45) is 5.92 Å². The van der Waals surface area contributed by atoms with Crippen molar-refractivity contribution >= 4 is 0 Å². The molecule has 0 N–H and O–H groups in total. The van der Waals surface area contributed by atoms with E-state index in [0.717, 1.165) is 5.92 Å². The largest absolute Gasteiger partial charge is 0.309 e. The predicted octanol–water partition coefficient (Wildman–Crippen LogP) is 4.67. The van der Waals surface area contributed by atoms with Gasteiger partial charge in [0.05, 0.1) is 0 Å². The molecule has 92 valence electrons. The van der Waals surface area contributed by atoms with Crippen LogP contribution in [0.5, 0.6) is 0 Å². The highest BCUT2D eigenvalue weighted by Gasteiger charge is 1.93. The standard InChI is InChI=1S/C7H17N.3C2H6/c1-7(2)5-6-8(3)4;3*1-2/h7H,5-6H2,1-4H3;3*1-2H3. The summed E-state index contributed by atoms with van der Waals surface area (Å²) in [6.45, 7) is 17.7. The fraction of sp³-hybridized carbons (Fsp3) is 1.00. The van der Waals surface area contributed by atoms with Crippen LogP contribution in [-0.4, -0.2) is 25.5 Å². The average Bonchev–Trinajstić information content (AvgIpc) is 2.24. The summed E-state index contributed by atoms with van der Waals surface area (Å²) in [4.78, 5) is 2.22. The quantitative estimate of drug-likeness (QED) is 0.647. The van der Waals surface area contributed by atoms with E-state index in [4.69, 9.17) is 0 Å². The first-order chi connectivity index (χ1) is 6.63. The van der Waals surface area contributed by atoms with E-state index >= 15 is 0 Å². The van der Waals surface area contributed by atoms with Gasteiger partial charge in [0.15, 0.2) is 0 Å². The highest BCUT2D eigenvalue weighted by molar-refractivity contribution is 4.47. The molecule has 0 unspecified atom stereocenters. The smallest absolute Gasteiger partial charge is 0.00224 e. The Morgan fingerprint density at radius 3 is 1.14 bits per heavy atom. The first-order valence-corrected chi connectivity index (χ1v) is 6.27. The van der Waals surface area contributed by atoms with Crippen molar-refractivity contribution in [1.29, 1.82) is 0 Å². The fourth-order valence-corrected chi connectivity index (χ4v) is 0.516. The SMILES string of the molecule is CC.CC.CC.CC(C)CCN(C)C. The van der Waals surface area contributed by atoms with Crippen LogP contribution in [0.25, 0.3) is 0 Å². The zero-order valence-corrected chi connectivity index (χ0v) is 12.4. The molecule has 1 heteroatoms. The van der Waals surface area contributed by atoms with Crippen molar-refractivity contribution in [2.75, 3.05) is 20.6 Å². The first kappa shape index (κ1) is 23.6. The molecule has 0 rings (SSSR count). The van der Waals surface area contributed by atoms with Crippen molar-refractivity contribution in [3.8, 4) is 0 Å². The van der Waals surface area contributed by atoms with Gasteiger partial charge in [-0.15, -0.1) is 0 Å². The maximum Gasteiger partial charge on any atom is -0.00224 e. The minimum atomic E-state index is 0.845. The molecule has 0 aliphatic carbocycles. The van der Waals surface area contributed by atoms with E-state index in [0.29, 0.717) is 0 Å². The van der Waals surface area contributed by atoms with Gasteiger partial charge in [0, 0.05) is 0 Å². The molecule has 0 saturated carbocycles. The van der Waals surface area contributed by atoms with Gasteiger partial charge in [-0.2, -0.15) is 0 Å². The Morgan fingerprint density at radius 2 is 1.07 bits per heavy atom. The molecule has 14 heavy (non-hydrogen) atoms. The molecule has 0 aliphatic rings. The number of rotatable bonds is 3. The summed E-state index contributed by atoms with van der Waals surface area (Å²) in [6.07, 6.45) is 1.31. The van der Waals surface area contributed by atoms with E-state index < -0.39 is 0 Å². The van der Waals surface area contributed by atoms with Crippen LogP contribution in [0.2, 0.25) is 0 Å². The van der Waals surface area contributed by atoms with E-state index in [2.05, 4.69) is 32.8 Å². The van der Waals surface area contributed by atoms with Crippen LogP contribution in [0.15, 0.2) is 0 Å². The molecule has 0 spiro atoms. The van der Waals surface area contributed by atoms with Gasteiger partial charge in [-0.1, -0.05) is 55.4 Å². The monoisotopic (exact) mass is 205 g/mol. The molecule has 1 nitrogen and oxygen atoms in total. The summed E-state index contributed by atoms with van der Waals surface area (Å²) >= 11 is 0. The van der Waals surface area contributed by atoms with E-state index in [9.17, 15) is 0 Å². The van der Waals surface area contributed by atoms with Gasteiger partial charge in [-0.3, -0.25) is 0 Å². The highest BCUT2D eigenvalue weighted by Crippen LogP contribution is 1.98. The van der Waals surface area contributed by atoms with E-state index in [-0.39, 0.29) is 0 Å². The maximum atomic E-state index is 2.25. The minimum absolute atomic E-state index is 0.845. The summed E-state index contributed by atoms with van der Waals surface area (Å²) in [7, 11) is 4.23. The molecule has 0 bridgehead atoms.